The van der Waals surface area contributed by atoms with E-state index in [2.05, 4.69) is 20.3 Å². The van der Waals surface area contributed by atoms with E-state index >= 15 is 0 Å². The molecule has 1 aromatic rings. The van der Waals surface area contributed by atoms with Gasteiger partial charge in [0.1, 0.15) is 6.04 Å². The number of hydrogen-bond donors (Lipinski definition) is 2. The van der Waals surface area contributed by atoms with E-state index in [1.54, 1.807) is 16.8 Å². The molecule has 1 unspecified atom stereocenters. The molecule has 0 aliphatic carbocycles. The Morgan fingerprint density at radius 2 is 2.11 bits per heavy atom. The third kappa shape index (κ3) is 2.41. The molecule has 1 fully saturated rings. The van der Waals surface area contributed by atoms with Crippen molar-refractivity contribution in [1.82, 2.24) is 19.9 Å². The van der Waals surface area contributed by atoms with Gasteiger partial charge >= 0.3 is 0 Å². The Kier molecular flexibility index (Phi) is 3.17. The Morgan fingerprint density at radius 3 is 2.67 bits per heavy atom. The highest BCUT2D eigenvalue weighted by molar-refractivity contribution is 5.86. The summed E-state index contributed by atoms with van der Waals surface area (Å²) in [7, 11) is 5.40. The largest absolute Gasteiger partial charge is 0.368 e. The van der Waals surface area contributed by atoms with Crippen LogP contribution in [0.2, 0.25) is 0 Å². The van der Waals surface area contributed by atoms with E-state index in [0.717, 1.165) is 13.0 Å². The monoisotopic (exact) mass is 251 g/mol. The lowest BCUT2D eigenvalue weighted by molar-refractivity contribution is -0.127. The van der Waals surface area contributed by atoms with Crippen LogP contribution in [0.1, 0.15) is 6.42 Å². The lowest BCUT2D eigenvalue weighted by atomic mass is 10.2. The van der Waals surface area contributed by atoms with Gasteiger partial charge in [0.15, 0.2) is 0 Å². The number of likely N-dealkylation sites (tertiary alicyclic amines) is 1. The fraction of sp³-hybridized carbons (Fsp3) is 0.600. The Labute approximate surface area is 105 Å². The molecule has 2 rings (SSSR count). The quantitative estimate of drug-likeness (QED) is 0.722. The first-order valence-corrected chi connectivity index (χ1v) is 5.68. The number of nitrogens with zero attached hydrogens (tertiary/aromatic N) is 5. The fourth-order valence-electron chi connectivity index (χ4n) is 1.76. The normalized spacial score (nSPS) is 19.2. The van der Waals surface area contributed by atoms with E-state index in [-0.39, 0.29) is 17.9 Å². The van der Waals surface area contributed by atoms with Crippen molar-refractivity contribution < 1.29 is 4.79 Å². The lowest BCUT2D eigenvalue weighted by Crippen LogP contribution is -2.32. The van der Waals surface area contributed by atoms with Crippen molar-refractivity contribution in [3.63, 3.8) is 0 Å². The maximum absolute atomic E-state index is 11.8. The molecular formula is C10H17N7O. The zero-order valence-electron chi connectivity index (χ0n) is 10.7. The average molecular weight is 251 g/mol. The van der Waals surface area contributed by atoms with E-state index in [1.807, 2.05) is 14.1 Å². The van der Waals surface area contributed by atoms with Crippen LogP contribution >= 0.6 is 0 Å². The summed E-state index contributed by atoms with van der Waals surface area (Å²) in [6.45, 7) is 0.734. The van der Waals surface area contributed by atoms with Gasteiger partial charge in [-0.15, -0.1) is 0 Å². The van der Waals surface area contributed by atoms with Gasteiger partial charge in [-0.1, -0.05) is 0 Å². The minimum absolute atomic E-state index is 0.0420. The summed E-state index contributed by atoms with van der Waals surface area (Å²) in [4.78, 5) is 27.3. The van der Waals surface area contributed by atoms with Gasteiger partial charge in [0.25, 0.3) is 0 Å². The SMILES string of the molecule is CN1CCC(Nc2nc(N)nc(N(C)C)n2)C1=O. The molecule has 98 valence electrons. The second kappa shape index (κ2) is 4.63. The van der Waals surface area contributed by atoms with Crippen LogP contribution in [0.5, 0.6) is 0 Å². The highest BCUT2D eigenvalue weighted by atomic mass is 16.2. The molecule has 8 nitrogen and oxygen atoms in total. The molecule has 1 atom stereocenters. The van der Waals surface area contributed by atoms with Crippen LogP contribution in [-0.4, -0.2) is 59.5 Å². The number of likely N-dealkylation sites (N-methyl/N-ethyl adjacent to an activating group) is 1. The van der Waals surface area contributed by atoms with Crippen molar-refractivity contribution in [2.75, 3.05) is 43.6 Å². The average Bonchev–Trinajstić information content (AvgIpc) is 2.60. The van der Waals surface area contributed by atoms with E-state index < -0.39 is 0 Å². The number of rotatable bonds is 3. The minimum Gasteiger partial charge on any atom is -0.368 e. The third-order valence-corrected chi connectivity index (χ3v) is 2.77. The topological polar surface area (TPSA) is 100 Å². The second-order valence-electron chi connectivity index (χ2n) is 4.46. The van der Waals surface area contributed by atoms with Crippen molar-refractivity contribution in [2.45, 2.75) is 12.5 Å². The highest BCUT2D eigenvalue weighted by Crippen LogP contribution is 2.15. The second-order valence-corrected chi connectivity index (χ2v) is 4.46. The smallest absolute Gasteiger partial charge is 0.244 e. The van der Waals surface area contributed by atoms with Gasteiger partial charge < -0.3 is 20.9 Å². The van der Waals surface area contributed by atoms with E-state index in [4.69, 9.17) is 5.73 Å². The zero-order chi connectivity index (χ0) is 13.3. The maximum atomic E-state index is 11.8. The van der Waals surface area contributed by atoms with Crippen LogP contribution in [0.4, 0.5) is 17.8 Å². The van der Waals surface area contributed by atoms with Crippen LogP contribution in [0, 0.1) is 0 Å². The van der Waals surface area contributed by atoms with Crippen LogP contribution < -0.4 is 16.0 Å². The van der Waals surface area contributed by atoms with Crippen LogP contribution in [0.25, 0.3) is 0 Å². The summed E-state index contributed by atoms with van der Waals surface area (Å²) in [5.41, 5.74) is 5.61. The fourth-order valence-corrected chi connectivity index (χ4v) is 1.76. The first-order valence-electron chi connectivity index (χ1n) is 5.68. The number of anilines is 3. The molecule has 0 radical (unpaired) electrons. The molecule has 2 heterocycles. The molecule has 0 aromatic carbocycles. The molecule has 18 heavy (non-hydrogen) atoms. The molecule has 1 aliphatic rings. The van der Waals surface area contributed by atoms with Crippen molar-refractivity contribution in [2.24, 2.45) is 0 Å². The molecule has 0 saturated carbocycles. The first kappa shape index (κ1) is 12.3. The van der Waals surface area contributed by atoms with Crippen molar-refractivity contribution in [3.05, 3.63) is 0 Å². The van der Waals surface area contributed by atoms with Gasteiger partial charge in [0.05, 0.1) is 0 Å². The van der Waals surface area contributed by atoms with Crippen LogP contribution in [-0.2, 0) is 4.79 Å². The maximum Gasteiger partial charge on any atom is 0.244 e. The Hall–Kier alpha value is -2.12. The molecule has 1 aromatic heterocycles. The number of carbonyl (C=O) groups is 1. The van der Waals surface area contributed by atoms with Crippen molar-refractivity contribution >= 4 is 23.8 Å². The van der Waals surface area contributed by atoms with Gasteiger partial charge in [-0.05, 0) is 6.42 Å². The lowest BCUT2D eigenvalue weighted by Gasteiger charge is -2.15. The molecule has 1 aliphatic heterocycles. The number of nitrogens with two attached hydrogens (primary N) is 1. The minimum atomic E-state index is -0.285. The summed E-state index contributed by atoms with van der Waals surface area (Å²) in [6.07, 6.45) is 0.734. The van der Waals surface area contributed by atoms with Gasteiger partial charge in [-0.2, -0.15) is 15.0 Å². The summed E-state index contributed by atoms with van der Waals surface area (Å²) < 4.78 is 0. The molecule has 1 amide bonds. The van der Waals surface area contributed by atoms with Crippen LogP contribution in [0.3, 0.4) is 0 Å². The van der Waals surface area contributed by atoms with E-state index in [1.165, 1.54) is 0 Å². The first-order chi connectivity index (χ1) is 8.47. The molecule has 0 bridgehead atoms. The van der Waals surface area contributed by atoms with Crippen LogP contribution in [0.15, 0.2) is 0 Å². The summed E-state index contributed by atoms with van der Waals surface area (Å²) in [6, 6.07) is -0.285. The molecule has 1 saturated heterocycles. The van der Waals surface area contributed by atoms with E-state index in [9.17, 15) is 4.79 Å². The number of hydrogen-bond acceptors (Lipinski definition) is 7. The molecule has 8 heteroatoms. The third-order valence-electron chi connectivity index (χ3n) is 2.77. The predicted octanol–water partition coefficient (Wildman–Crippen LogP) is -0.838. The summed E-state index contributed by atoms with van der Waals surface area (Å²) in [5.74, 6) is 0.971. The molecule has 0 spiro atoms. The Balaban J connectivity index is 2.17. The van der Waals surface area contributed by atoms with Crippen molar-refractivity contribution in [3.8, 4) is 0 Å². The van der Waals surface area contributed by atoms with Gasteiger partial charge in [0.2, 0.25) is 23.8 Å². The Morgan fingerprint density at radius 1 is 1.39 bits per heavy atom. The molecular weight excluding hydrogens is 234 g/mol. The van der Waals surface area contributed by atoms with Gasteiger partial charge in [-0.3, -0.25) is 4.79 Å². The number of nitrogens with one attached hydrogen (secondary N) is 1. The number of amides is 1. The number of nitrogen functional groups attached to an aromatic ring is 1. The zero-order valence-corrected chi connectivity index (χ0v) is 10.7. The van der Waals surface area contributed by atoms with Gasteiger partial charge in [0, 0.05) is 27.7 Å². The number of carbonyl (C=O) groups excluding carboxylic acids is 1. The predicted molar refractivity (Wildman–Crippen MR) is 68.2 cm³/mol. The summed E-state index contributed by atoms with van der Waals surface area (Å²) in [5, 5.41) is 3.00. The van der Waals surface area contributed by atoms with Crippen molar-refractivity contribution in [1.29, 1.82) is 0 Å². The van der Waals surface area contributed by atoms with Gasteiger partial charge in [-0.25, -0.2) is 0 Å². The number of aromatic nitrogens is 3. The van der Waals surface area contributed by atoms with E-state index in [0.29, 0.717) is 11.9 Å². The standard InChI is InChI=1S/C10H17N7O/c1-16(2)10-14-8(11)13-9(15-10)12-6-4-5-17(3)7(6)18/h6H,4-5H2,1-3H3,(H3,11,12,13,14,15). The summed E-state index contributed by atoms with van der Waals surface area (Å²) >= 11 is 0. The Bertz CT molecular complexity index is 462. The highest BCUT2D eigenvalue weighted by Gasteiger charge is 2.29. The molecule has 3 N–H and O–H groups in total.